The largest absolute Gasteiger partial charge is 0.173 e. The van der Waals surface area contributed by atoms with Crippen LogP contribution in [-0.4, -0.2) is 8.07 Å². The molecule has 0 bridgehead atoms. The first-order chi connectivity index (χ1) is 15.0. The molecule has 1 aliphatic rings. The van der Waals surface area contributed by atoms with Crippen LogP contribution in [0, 0.1) is 12.8 Å². The Balaban J connectivity index is 1.68. The zero-order chi connectivity index (χ0) is 21.3. The van der Waals surface area contributed by atoms with Crippen LogP contribution in [0.25, 0.3) is 43.6 Å². The number of hydrogen-bond acceptors (Lipinski definition) is 0. The van der Waals surface area contributed by atoms with Gasteiger partial charge in [0.15, 0.2) is 0 Å². The molecule has 1 aliphatic carbocycles. The minimum atomic E-state index is -1.91. The molecular formula is C30H27Si-. The SMILES string of the molecule is C[c-]1cc2c(ccc3ccccc32)c1[Si](C)(C)C1=c2ccc3ccccc3c2=CC1C. The highest BCUT2D eigenvalue weighted by Gasteiger charge is 2.33. The zero-order valence-corrected chi connectivity index (χ0v) is 19.7. The van der Waals surface area contributed by atoms with Gasteiger partial charge in [-0.15, -0.1) is 6.07 Å². The Hall–Kier alpha value is -3.03. The standard InChI is InChI=1S/C30H27Si/c1-19-17-27-23-11-7-5-9-21(23)13-15-25(27)29(19)31(3,4)30-20(2)18-28-24-12-8-6-10-22(24)14-16-26(28)30/h5-19H,1-4H3/q-1. The van der Waals surface area contributed by atoms with Crippen molar-refractivity contribution in [3.8, 4) is 0 Å². The summed E-state index contributed by atoms with van der Waals surface area (Å²) >= 11 is 0. The van der Waals surface area contributed by atoms with Crippen molar-refractivity contribution >= 4 is 56.9 Å². The van der Waals surface area contributed by atoms with Crippen molar-refractivity contribution in [3.63, 3.8) is 0 Å². The van der Waals surface area contributed by atoms with E-state index in [1.54, 1.807) is 10.4 Å². The fourth-order valence-electron chi connectivity index (χ4n) is 6.33. The molecule has 0 heterocycles. The molecule has 31 heavy (non-hydrogen) atoms. The summed E-state index contributed by atoms with van der Waals surface area (Å²) in [6.07, 6.45) is 2.51. The van der Waals surface area contributed by atoms with Crippen LogP contribution < -0.4 is 15.6 Å². The van der Waals surface area contributed by atoms with E-state index in [1.807, 2.05) is 0 Å². The minimum Gasteiger partial charge on any atom is -0.173 e. The van der Waals surface area contributed by atoms with Crippen LogP contribution in [0.4, 0.5) is 0 Å². The van der Waals surface area contributed by atoms with E-state index in [2.05, 4.69) is 112 Å². The molecule has 0 saturated carbocycles. The summed E-state index contributed by atoms with van der Waals surface area (Å²) in [5.74, 6) is 0.479. The number of benzene rings is 4. The second-order valence-electron chi connectivity index (χ2n) is 9.69. The van der Waals surface area contributed by atoms with Crippen molar-refractivity contribution in [2.24, 2.45) is 5.92 Å². The van der Waals surface area contributed by atoms with Gasteiger partial charge in [-0.1, -0.05) is 110 Å². The number of rotatable bonds is 2. The molecule has 5 aromatic rings. The highest BCUT2D eigenvalue weighted by atomic mass is 28.3. The first-order valence-electron chi connectivity index (χ1n) is 11.3. The molecule has 0 amide bonds. The maximum Gasteiger partial charge on any atom is 0.0840 e. The summed E-state index contributed by atoms with van der Waals surface area (Å²) in [7, 11) is -1.91. The quantitative estimate of drug-likeness (QED) is 0.248. The van der Waals surface area contributed by atoms with Crippen LogP contribution in [0.3, 0.4) is 0 Å². The number of aryl methyl sites for hydroxylation is 1. The average Bonchev–Trinajstić information content (AvgIpc) is 3.30. The third-order valence-corrected chi connectivity index (χ3v) is 11.4. The summed E-state index contributed by atoms with van der Waals surface area (Å²) in [6, 6.07) is 29.4. The Labute approximate surface area is 184 Å². The van der Waals surface area contributed by atoms with E-state index in [1.165, 1.54) is 48.3 Å². The second kappa shape index (κ2) is 6.48. The Morgan fingerprint density at radius 1 is 0.710 bits per heavy atom. The van der Waals surface area contributed by atoms with Crippen LogP contribution in [-0.2, 0) is 0 Å². The first kappa shape index (κ1) is 18.7. The van der Waals surface area contributed by atoms with Crippen LogP contribution in [0.1, 0.15) is 12.5 Å². The molecule has 0 radical (unpaired) electrons. The monoisotopic (exact) mass is 415 g/mol. The van der Waals surface area contributed by atoms with Gasteiger partial charge in [0.2, 0.25) is 0 Å². The van der Waals surface area contributed by atoms with E-state index < -0.39 is 8.07 Å². The van der Waals surface area contributed by atoms with Crippen molar-refractivity contribution in [3.05, 3.63) is 94.9 Å². The predicted octanol–water partition coefficient (Wildman–Crippen LogP) is 5.91. The normalized spacial score (nSPS) is 16.3. The van der Waals surface area contributed by atoms with E-state index in [-0.39, 0.29) is 0 Å². The molecule has 6 rings (SSSR count). The molecule has 1 atom stereocenters. The molecule has 1 heteroatoms. The molecular weight excluding hydrogens is 388 g/mol. The fraction of sp³-hybridized carbons (Fsp3) is 0.167. The molecule has 0 aromatic heterocycles. The van der Waals surface area contributed by atoms with Gasteiger partial charge in [-0.05, 0) is 32.5 Å². The molecule has 0 fully saturated rings. The van der Waals surface area contributed by atoms with Gasteiger partial charge in [-0.3, -0.25) is 0 Å². The smallest absolute Gasteiger partial charge is 0.0840 e. The summed E-state index contributed by atoms with van der Waals surface area (Å²) in [5, 5.41) is 14.5. The summed E-state index contributed by atoms with van der Waals surface area (Å²) in [4.78, 5) is 0. The minimum absolute atomic E-state index is 0.479. The maximum atomic E-state index is 2.56. The summed E-state index contributed by atoms with van der Waals surface area (Å²) < 4.78 is 0. The van der Waals surface area contributed by atoms with E-state index in [0.29, 0.717) is 5.92 Å². The van der Waals surface area contributed by atoms with Crippen LogP contribution in [0.15, 0.2) is 78.9 Å². The van der Waals surface area contributed by atoms with Crippen molar-refractivity contribution in [1.82, 2.24) is 0 Å². The van der Waals surface area contributed by atoms with E-state index >= 15 is 0 Å². The predicted molar refractivity (Wildman–Crippen MR) is 139 cm³/mol. The van der Waals surface area contributed by atoms with Gasteiger partial charge in [0.1, 0.15) is 0 Å². The number of hydrogen-bond donors (Lipinski definition) is 0. The molecule has 152 valence electrons. The highest BCUT2D eigenvalue weighted by Crippen LogP contribution is 2.34. The Morgan fingerprint density at radius 2 is 1.35 bits per heavy atom. The van der Waals surface area contributed by atoms with Gasteiger partial charge in [0, 0.05) is 0 Å². The molecule has 1 unspecified atom stereocenters. The highest BCUT2D eigenvalue weighted by molar-refractivity contribution is 7.05. The molecule has 0 spiro atoms. The lowest BCUT2D eigenvalue weighted by Gasteiger charge is -2.33. The van der Waals surface area contributed by atoms with Crippen LogP contribution in [0.5, 0.6) is 0 Å². The van der Waals surface area contributed by atoms with Crippen LogP contribution in [0.2, 0.25) is 13.1 Å². The second-order valence-corrected chi connectivity index (χ2v) is 14.0. The van der Waals surface area contributed by atoms with Gasteiger partial charge < -0.3 is 0 Å². The summed E-state index contributed by atoms with van der Waals surface area (Å²) in [5.41, 5.74) is 1.46. The summed E-state index contributed by atoms with van der Waals surface area (Å²) in [6.45, 7) is 9.85. The first-order valence-corrected chi connectivity index (χ1v) is 14.3. The Morgan fingerprint density at radius 3 is 2.13 bits per heavy atom. The van der Waals surface area contributed by atoms with Gasteiger partial charge in [0.05, 0.1) is 8.07 Å². The molecule has 0 aliphatic heterocycles. The van der Waals surface area contributed by atoms with Gasteiger partial charge >= 0.3 is 0 Å². The zero-order valence-electron chi connectivity index (χ0n) is 18.7. The Kier molecular flexibility index (Phi) is 3.91. The lowest BCUT2D eigenvalue weighted by Crippen LogP contribution is -2.48. The third kappa shape index (κ3) is 2.56. The van der Waals surface area contributed by atoms with Crippen molar-refractivity contribution in [2.75, 3.05) is 0 Å². The number of fused-ring (bicyclic) bond motifs is 6. The van der Waals surface area contributed by atoms with Crippen LogP contribution >= 0.6 is 0 Å². The van der Waals surface area contributed by atoms with Crippen molar-refractivity contribution in [2.45, 2.75) is 26.9 Å². The van der Waals surface area contributed by atoms with Gasteiger partial charge in [-0.2, -0.15) is 27.6 Å². The van der Waals surface area contributed by atoms with E-state index in [9.17, 15) is 0 Å². The third-order valence-electron chi connectivity index (χ3n) is 7.43. The maximum absolute atomic E-state index is 2.56. The van der Waals surface area contributed by atoms with E-state index in [4.69, 9.17) is 0 Å². The van der Waals surface area contributed by atoms with E-state index in [0.717, 1.165) is 0 Å². The molecule has 0 nitrogen and oxygen atoms in total. The molecule has 0 N–H and O–H groups in total. The van der Waals surface area contributed by atoms with Crippen molar-refractivity contribution < 1.29 is 0 Å². The lowest BCUT2D eigenvalue weighted by molar-refractivity contribution is 1.05. The van der Waals surface area contributed by atoms with Crippen molar-refractivity contribution in [1.29, 1.82) is 0 Å². The van der Waals surface area contributed by atoms with Gasteiger partial charge in [0.25, 0.3) is 0 Å². The topological polar surface area (TPSA) is 0 Å². The lowest BCUT2D eigenvalue weighted by atomic mass is 10.1. The average molecular weight is 416 g/mol. The fourth-order valence-corrected chi connectivity index (χ4v) is 10.7. The Bertz CT molecular complexity index is 1630. The van der Waals surface area contributed by atoms with Gasteiger partial charge in [-0.25, -0.2) is 0 Å². The molecule has 5 aromatic carbocycles. The molecule has 0 saturated heterocycles.